The van der Waals surface area contributed by atoms with Crippen LogP contribution in [0.25, 0.3) is 6.08 Å². The molecular weight excluding hydrogens is 460 g/mol. The Labute approximate surface area is 193 Å². The van der Waals surface area contributed by atoms with Gasteiger partial charge in [0, 0.05) is 6.08 Å². The molecule has 2 saturated heterocycles. The zero-order valence-electron chi connectivity index (χ0n) is 17.8. The van der Waals surface area contributed by atoms with Gasteiger partial charge in [0.2, 0.25) is 5.79 Å². The number of phenolic OH excluding ortho intramolecular Hbond substituents is 1. The standard InChI is InChI=1S/C21H28O13/c22-7-12-15(27)17(29)18(30)20(31-12)34-21(9-24)19(16(28)13(8-23)33-21)32-14(26)6-3-10-1-4-11(25)5-2-10/h1-6,12-13,15-20,22-25,27-30H,7-9H2/t12-,13-,15-,16-,17+,18-,19+,20-,21+/m1/s1. The van der Waals surface area contributed by atoms with E-state index in [0.29, 0.717) is 5.56 Å². The van der Waals surface area contributed by atoms with Crippen molar-refractivity contribution >= 4 is 12.0 Å². The molecule has 2 heterocycles. The number of rotatable bonds is 8. The van der Waals surface area contributed by atoms with E-state index in [1.807, 2.05) is 0 Å². The average molecular weight is 488 g/mol. The fourth-order valence-corrected chi connectivity index (χ4v) is 3.69. The number of hydrogen-bond donors (Lipinski definition) is 8. The molecule has 0 saturated carbocycles. The largest absolute Gasteiger partial charge is 0.508 e. The fourth-order valence-electron chi connectivity index (χ4n) is 3.69. The summed E-state index contributed by atoms with van der Waals surface area (Å²) in [4.78, 5) is 12.4. The van der Waals surface area contributed by atoms with Crippen LogP contribution in [0.4, 0.5) is 0 Å². The number of hydrogen-bond acceptors (Lipinski definition) is 13. The maximum Gasteiger partial charge on any atom is 0.331 e. The Morgan fingerprint density at radius 2 is 1.59 bits per heavy atom. The number of ether oxygens (including phenoxy) is 4. The van der Waals surface area contributed by atoms with Gasteiger partial charge in [0.25, 0.3) is 0 Å². The van der Waals surface area contributed by atoms with Gasteiger partial charge in [0.05, 0.1) is 13.2 Å². The Kier molecular flexibility index (Phi) is 8.59. The molecule has 1 aromatic carbocycles. The molecule has 190 valence electrons. The molecule has 13 heteroatoms. The fraction of sp³-hybridized carbons (Fsp3) is 0.571. The van der Waals surface area contributed by atoms with Crippen LogP contribution in [0, 0.1) is 0 Å². The molecule has 2 aliphatic rings. The van der Waals surface area contributed by atoms with Crippen LogP contribution in [0.15, 0.2) is 30.3 Å². The number of esters is 1. The minimum atomic E-state index is -2.34. The lowest BCUT2D eigenvalue weighted by Crippen LogP contribution is -2.63. The van der Waals surface area contributed by atoms with E-state index in [1.54, 1.807) is 0 Å². The first-order chi connectivity index (χ1) is 16.2. The summed E-state index contributed by atoms with van der Waals surface area (Å²) >= 11 is 0. The van der Waals surface area contributed by atoms with Crippen molar-refractivity contribution in [2.24, 2.45) is 0 Å². The van der Waals surface area contributed by atoms with E-state index in [4.69, 9.17) is 18.9 Å². The number of carbonyl (C=O) groups is 1. The zero-order chi connectivity index (χ0) is 25.0. The van der Waals surface area contributed by atoms with Crippen molar-refractivity contribution in [3.8, 4) is 5.75 Å². The molecule has 0 unspecified atom stereocenters. The van der Waals surface area contributed by atoms with Gasteiger partial charge in [0.15, 0.2) is 12.4 Å². The van der Waals surface area contributed by atoms with E-state index in [-0.39, 0.29) is 5.75 Å². The summed E-state index contributed by atoms with van der Waals surface area (Å²) in [6.45, 7) is -2.55. The number of benzene rings is 1. The molecule has 0 amide bonds. The second kappa shape index (κ2) is 11.0. The van der Waals surface area contributed by atoms with Crippen LogP contribution in [0.1, 0.15) is 5.56 Å². The SMILES string of the molecule is O=C(C=Cc1ccc(O)cc1)O[C@H]1[C@H](O)[C@@H](CO)O[C@@]1(CO)O[C@H]1O[C@H](CO)[C@@H](O)[C@H](O)[C@H]1O. The van der Waals surface area contributed by atoms with Crippen LogP contribution in [-0.4, -0.2) is 121 Å². The molecule has 13 nitrogen and oxygen atoms in total. The van der Waals surface area contributed by atoms with Crippen LogP contribution in [0.2, 0.25) is 0 Å². The Hall–Kier alpha value is -2.17. The minimum Gasteiger partial charge on any atom is -0.508 e. The minimum absolute atomic E-state index is 0.0269. The maximum absolute atomic E-state index is 12.4. The number of aromatic hydroxyl groups is 1. The third-order valence-corrected chi connectivity index (χ3v) is 5.59. The van der Waals surface area contributed by atoms with Gasteiger partial charge in [-0.1, -0.05) is 12.1 Å². The van der Waals surface area contributed by atoms with Crippen molar-refractivity contribution in [1.82, 2.24) is 0 Å². The number of aliphatic hydroxyl groups excluding tert-OH is 7. The molecule has 2 fully saturated rings. The topological polar surface area (TPSA) is 216 Å². The van der Waals surface area contributed by atoms with Crippen LogP contribution >= 0.6 is 0 Å². The Morgan fingerprint density at radius 1 is 0.941 bits per heavy atom. The summed E-state index contributed by atoms with van der Waals surface area (Å²) in [6, 6.07) is 5.84. The molecule has 0 aromatic heterocycles. The van der Waals surface area contributed by atoms with Crippen molar-refractivity contribution in [2.75, 3.05) is 19.8 Å². The van der Waals surface area contributed by atoms with Gasteiger partial charge in [-0.05, 0) is 23.8 Å². The molecule has 0 radical (unpaired) electrons. The first kappa shape index (κ1) is 26.4. The highest BCUT2D eigenvalue weighted by Gasteiger charge is 2.60. The smallest absolute Gasteiger partial charge is 0.331 e. The van der Waals surface area contributed by atoms with Gasteiger partial charge in [0.1, 0.15) is 49.0 Å². The number of phenols is 1. The molecule has 2 aliphatic heterocycles. The van der Waals surface area contributed by atoms with Crippen LogP contribution in [0.5, 0.6) is 5.75 Å². The summed E-state index contributed by atoms with van der Waals surface area (Å²) < 4.78 is 21.4. The van der Waals surface area contributed by atoms with Gasteiger partial charge < -0.3 is 59.8 Å². The second-order valence-corrected chi connectivity index (χ2v) is 7.90. The van der Waals surface area contributed by atoms with Gasteiger partial charge in [-0.15, -0.1) is 0 Å². The Balaban J connectivity index is 1.80. The van der Waals surface area contributed by atoms with Crippen molar-refractivity contribution < 1.29 is 64.6 Å². The summed E-state index contributed by atoms with van der Waals surface area (Å²) in [7, 11) is 0. The predicted octanol–water partition coefficient (Wildman–Crippen LogP) is -3.43. The van der Waals surface area contributed by atoms with Crippen molar-refractivity contribution in [2.45, 2.75) is 54.8 Å². The zero-order valence-corrected chi connectivity index (χ0v) is 17.8. The molecule has 8 N–H and O–H groups in total. The van der Waals surface area contributed by atoms with E-state index < -0.39 is 80.6 Å². The van der Waals surface area contributed by atoms with Crippen molar-refractivity contribution in [3.63, 3.8) is 0 Å². The summed E-state index contributed by atoms with van der Waals surface area (Å²) in [5.74, 6) is -3.31. The van der Waals surface area contributed by atoms with Crippen LogP contribution in [0.3, 0.4) is 0 Å². The number of carbonyl (C=O) groups excluding carboxylic acids is 1. The third-order valence-electron chi connectivity index (χ3n) is 5.59. The monoisotopic (exact) mass is 488 g/mol. The molecule has 0 bridgehead atoms. The molecule has 9 atom stereocenters. The summed E-state index contributed by atoms with van der Waals surface area (Å²) in [5.41, 5.74) is 0.539. The highest BCUT2D eigenvalue weighted by atomic mass is 16.8. The van der Waals surface area contributed by atoms with Crippen LogP contribution < -0.4 is 0 Å². The molecule has 1 aromatic rings. The summed E-state index contributed by atoms with van der Waals surface area (Å²) in [6.07, 6.45) is -10.9. The van der Waals surface area contributed by atoms with Gasteiger partial charge in [-0.2, -0.15) is 0 Å². The maximum atomic E-state index is 12.4. The lowest BCUT2D eigenvalue weighted by atomic mass is 9.99. The lowest BCUT2D eigenvalue weighted by Gasteiger charge is -2.43. The van der Waals surface area contributed by atoms with Crippen LogP contribution in [-0.2, 0) is 23.7 Å². The van der Waals surface area contributed by atoms with Gasteiger partial charge >= 0.3 is 5.97 Å². The van der Waals surface area contributed by atoms with E-state index in [9.17, 15) is 45.6 Å². The van der Waals surface area contributed by atoms with Gasteiger partial charge in [-0.3, -0.25) is 0 Å². The van der Waals surface area contributed by atoms with Gasteiger partial charge in [-0.25, -0.2) is 4.79 Å². The molecular formula is C21H28O13. The summed E-state index contributed by atoms with van der Waals surface area (Å²) in [5, 5.41) is 78.9. The highest BCUT2D eigenvalue weighted by Crippen LogP contribution is 2.38. The normalized spacial score (nSPS) is 38.3. The highest BCUT2D eigenvalue weighted by molar-refractivity contribution is 5.87. The van der Waals surface area contributed by atoms with E-state index in [2.05, 4.69) is 0 Å². The Bertz CT molecular complexity index is 844. The molecule has 0 aliphatic carbocycles. The van der Waals surface area contributed by atoms with E-state index >= 15 is 0 Å². The predicted molar refractivity (Wildman–Crippen MR) is 110 cm³/mol. The second-order valence-electron chi connectivity index (χ2n) is 7.90. The van der Waals surface area contributed by atoms with E-state index in [1.165, 1.54) is 30.3 Å². The molecule has 0 spiro atoms. The number of aliphatic hydroxyl groups is 7. The van der Waals surface area contributed by atoms with Crippen molar-refractivity contribution in [1.29, 1.82) is 0 Å². The van der Waals surface area contributed by atoms with Crippen molar-refractivity contribution in [3.05, 3.63) is 35.9 Å². The average Bonchev–Trinajstić information content (AvgIpc) is 3.10. The quantitative estimate of drug-likeness (QED) is 0.132. The first-order valence-corrected chi connectivity index (χ1v) is 10.4. The van der Waals surface area contributed by atoms with E-state index in [0.717, 1.165) is 6.08 Å². The third kappa shape index (κ3) is 5.39. The Morgan fingerprint density at radius 3 is 2.18 bits per heavy atom. The lowest BCUT2D eigenvalue weighted by molar-refractivity contribution is -0.383. The first-order valence-electron chi connectivity index (χ1n) is 10.4. The molecule has 34 heavy (non-hydrogen) atoms. The molecule has 3 rings (SSSR count).